The molecule has 0 aromatic heterocycles. The summed E-state index contributed by atoms with van der Waals surface area (Å²) in [6.45, 7) is 8.77. The van der Waals surface area contributed by atoms with Crippen molar-refractivity contribution in [2.24, 2.45) is 4.99 Å². The summed E-state index contributed by atoms with van der Waals surface area (Å²) in [5.74, 6) is 1.06. The van der Waals surface area contributed by atoms with Crippen LogP contribution in [0, 0.1) is 6.92 Å². The number of nitrogens with zero attached hydrogens (tertiary/aromatic N) is 2. The fraction of sp³-hybridized carbons (Fsp3) is 0.381. The van der Waals surface area contributed by atoms with Gasteiger partial charge in [0.2, 0.25) is 0 Å². The quantitative estimate of drug-likeness (QED) is 0.418. The van der Waals surface area contributed by atoms with E-state index < -0.39 is 6.43 Å². The number of hydrogen-bond donors (Lipinski definition) is 0. The largest absolute Gasteiger partial charge is 0.457 e. The Bertz CT molecular complexity index is 773. The highest BCUT2D eigenvalue weighted by atomic mass is 19.3. The van der Waals surface area contributed by atoms with Gasteiger partial charge in [-0.3, -0.25) is 0 Å². The SMILES string of the molecule is CCN(C)C=Nc1cc(C(F)F)c(Oc2cccc(C(C)C)c2)cc1C. The Morgan fingerprint density at radius 2 is 1.92 bits per heavy atom. The first kappa shape index (κ1) is 19.9. The molecule has 2 aromatic carbocycles. The van der Waals surface area contributed by atoms with Crippen molar-refractivity contribution in [3.63, 3.8) is 0 Å². The van der Waals surface area contributed by atoms with Gasteiger partial charge in [0.1, 0.15) is 11.5 Å². The first-order valence-corrected chi connectivity index (χ1v) is 8.76. The lowest BCUT2D eigenvalue weighted by atomic mass is 10.0. The minimum atomic E-state index is -2.64. The van der Waals surface area contributed by atoms with Crippen LogP contribution in [-0.2, 0) is 0 Å². The number of aryl methyl sites for hydroxylation is 1. The van der Waals surface area contributed by atoms with E-state index in [1.807, 2.05) is 44.0 Å². The molecule has 0 atom stereocenters. The zero-order chi connectivity index (χ0) is 19.3. The molecule has 0 aliphatic carbocycles. The van der Waals surface area contributed by atoms with Crippen molar-refractivity contribution in [3.8, 4) is 11.5 Å². The third-order valence-electron chi connectivity index (χ3n) is 4.21. The van der Waals surface area contributed by atoms with Crippen LogP contribution >= 0.6 is 0 Å². The van der Waals surface area contributed by atoms with Crippen molar-refractivity contribution in [3.05, 3.63) is 53.1 Å². The average molecular weight is 360 g/mol. The monoisotopic (exact) mass is 360 g/mol. The second-order valence-electron chi connectivity index (χ2n) is 6.62. The van der Waals surface area contributed by atoms with Gasteiger partial charge in [0.15, 0.2) is 0 Å². The van der Waals surface area contributed by atoms with Gasteiger partial charge in [0, 0.05) is 13.6 Å². The van der Waals surface area contributed by atoms with Crippen molar-refractivity contribution < 1.29 is 13.5 Å². The van der Waals surface area contributed by atoms with E-state index in [1.54, 1.807) is 18.5 Å². The van der Waals surface area contributed by atoms with Crippen molar-refractivity contribution in [1.82, 2.24) is 4.90 Å². The van der Waals surface area contributed by atoms with Gasteiger partial charge >= 0.3 is 0 Å². The van der Waals surface area contributed by atoms with Crippen LogP contribution in [0.3, 0.4) is 0 Å². The molecule has 0 bridgehead atoms. The number of aliphatic imine (C=N–C) groups is 1. The second kappa shape index (κ2) is 8.79. The third kappa shape index (κ3) is 5.04. The van der Waals surface area contributed by atoms with Crippen LogP contribution in [-0.4, -0.2) is 24.8 Å². The van der Waals surface area contributed by atoms with E-state index in [0.29, 0.717) is 17.4 Å². The molecular formula is C21H26F2N2O. The molecule has 0 fully saturated rings. The minimum absolute atomic E-state index is 0.156. The molecular weight excluding hydrogens is 334 g/mol. The lowest BCUT2D eigenvalue weighted by molar-refractivity contribution is 0.148. The molecule has 140 valence electrons. The standard InChI is InChI=1S/C21H26F2N2O/c1-6-25(5)13-24-19-12-18(21(22)23)20(10-15(19)4)26-17-9-7-8-16(11-17)14(2)3/h7-14,21H,6H2,1-5H3. The maximum absolute atomic E-state index is 13.6. The van der Waals surface area contributed by atoms with Crippen LogP contribution in [0.4, 0.5) is 14.5 Å². The topological polar surface area (TPSA) is 24.8 Å². The van der Waals surface area contributed by atoms with Gasteiger partial charge in [-0.1, -0.05) is 26.0 Å². The number of hydrogen-bond acceptors (Lipinski definition) is 2. The molecule has 0 N–H and O–H groups in total. The Morgan fingerprint density at radius 3 is 2.54 bits per heavy atom. The molecule has 0 saturated carbocycles. The predicted octanol–water partition coefficient (Wildman–Crippen LogP) is 6.46. The summed E-state index contributed by atoms with van der Waals surface area (Å²) in [6, 6.07) is 10.6. The zero-order valence-corrected chi connectivity index (χ0v) is 16.0. The highest BCUT2D eigenvalue weighted by molar-refractivity contribution is 5.65. The highest BCUT2D eigenvalue weighted by Gasteiger charge is 2.18. The molecule has 0 saturated heterocycles. The Hall–Kier alpha value is -2.43. The third-order valence-corrected chi connectivity index (χ3v) is 4.21. The van der Waals surface area contributed by atoms with Gasteiger partial charge in [0.25, 0.3) is 6.43 Å². The van der Waals surface area contributed by atoms with E-state index in [4.69, 9.17) is 4.74 Å². The molecule has 5 heteroatoms. The highest BCUT2D eigenvalue weighted by Crippen LogP contribution is 2.37. The second-order valence-corrected chi connectivity index (χ2v) is 6.62. The molecule has 0 unspecified atom stereocenters. The average Bonchev–Trinajstić information content (AvgIpc) is 2.60. The molecule has 26 heavy (non-hydrogen) atoms. The van der Waals surface area contributed by atoms with Crippen LogP contribution < -0.4 is 4.74 Å². The summed E-state index contributed by atoms with van der Waals surface area (Å²) in [5.41, 5.74) is 2.24. The van der Waals surface area contributed by atoms with Crippen LogP contribution in [0.15, 0.2) is 41.4 Å². The van der Waals surface area contributed by atoms with Crippen LogP contribution in [0.1, 0.15) is 49.8 Å². The molecule has 0 heterocycles. The normalized spacial score (nSPS) is 11.6. The van der Waals surface area contributed by atoms with Gasteiger partial charge in [-0.25, -0.2) is 13.8 Å². The number of alkyl halides is 2. The van der Waals surface area contributed by atoms with Gasteiger partial charge in [0.05, 0.1) is 17.6 Å². The first-order valence-electron chi connectivity index (χ1n) is 8.76. The lowest BCUT2D eigenvalue weighted by Gasteiger charge is -2.15. The molecule has 2 aromatic rings. The summed E-state index contributed by atoms with van der Waals surface area (Å²) in [4.78, 5) is 6.20. The lowest BCUT2D eigenvalue weighted by Crippen LogP contribution is -2.14. The zero-order valence-electron chi connectivity index (χ0n) is 16.0. The van der Waals surface area contributed by atoms with E-state index in [2.05, 4.69) is 18.8 Å². The summed E-state index contributed by atoms with van der Waals surface area (Å²) >= 11 is 0. The van der Waals surface area contributed by atoms with Crippen LogP contribution in [0.2, 0.25) is 0 Å². The summed E-state index contributed by atoms with van der Waals surface area (Å²) in [5, 5.41) is 0. The van der Waals surface area contributed by atoms with Crippen molar-refractivity contribution in [1.29, 1.82) is 0 Å². The van der Waals surface area contributed by atoms with Crippen molar-refractivity contribution >= 4 is 12.0 Å². The van der Waals surface area contributed by atoms with Crippen LogP contribution in [0.5, 0.6) is 11.5 Å². The number of rotatable bonds is 7. The first-order chi connectivity index (χ1) is 12.3. The summed E-state index contributed by atoms with van der Waals surface area (Å²) < 4.78 is 32.9. The van der Waals surface area contributed by atoms with E-state index in [0.717, 1.165) is 17.7 Å². The van der Waals surface area contributed by atoms with Crippen molar-refractivity contribution in [2.45, 2.75) is 40.0 Å². The van der Waals surface area contributed by atoms with E-state index in [9.17, 15) is 8.78 Å². The van der Waals surface area contributed by atoms with Gasteiger partial charge < -0.3 is 9.64 Å². The van der Waals surface area contributed by atoms with Gasteiger partial charge in [-0.05, 0) is 55.2 Å². The predicted molar refractivity (Wildman–Crippen MR) is 103 cm³/mol. The van der Waals surface area contributed by atoms with E-state index in [1.165, 1.54) is 6.07 Å². The number of halogens is 2. The fourth-order valence-corrected chi connectivity index (χ4v) is 2.39. The van der Waals surface area contributed by atoms with Gasteiger partial charge in [-0.2, -0.15) is 0 Å². The molecule has 0 aliphatic rings. The van der Waals surface area contributed by atoms with Crippen molar-refractivity contribution in [2.75, 3.05) is 13.6 Å². The molecule has 3 nitrogen and oxygen atoms in total. The van der Waals surface area contributed by atoms with Crippen LogP contribution in [0.25, 0.3) is 0 Å². The molecule has 2 rings (SSSR count). The molecule has 0 amide bonds. The Kier molecular flexibility index (Phi) is 6.72. The number of ether oxygens (including phenoxy) is 1. The van der Waals surface area contributed by atoms with E-state index in [-0.39, 0.29) is 11.3 Å². The Labute approximate surface area is 154 Å². The smallest absolute Gasteiger partial charge is 0.267 e. The molecule has 0 aliphatic heterocycles. The Morgan fingerprint density at radius 1 is 1.19 bits per heavy atom. The fourth-order valence-electron chi connectivity index (χ4n) is 2.39. The summed E-state index contributed by atoms with van der Waals surface area (Å²) in [6.07, 6.45) is -0.999. The summed E-state index contributed by atoms with van der Waals surface area (Å²) in [7, 11) is 1.88. The number of benzene rings is 2. The maximum Gasteiger partial charge on any atom is 0.267 e. The Balaban J connectivity index is 2.38. The van der Waals surface area contributed by atoms with Gasteiger partial charge in [-0.15, -0.1) is 0 Å². The van der Waals surface area contributed by atoms with E-state index >= 15 is 0 Å². The maximum atomic E-state index is 13.6. The molecule has 0 radical (unpaired) electrons. The molecule has 0 spiro atoms. The minimum Gasteiger partial charge on any atom is -0.457 e.